The molecule has 0 amide bonds. The zero-order chi connectivity index (χ0) is 15.9. The smallest absolute Gasteiger partial charge is 0.174 e. The van der Waals surface area contributed by atoms with Crippen LogP contribution in [0.5, 0.6) is 0 Å². The van der Waals surface area contributed by atoms with Crippen LogP contribution in [0, 0.1) is 0 Å². The molecule has 4 nitrogen and oxygen atoms in total. The first-order chi connectivity index (χ1) is 10.6. The van der Waals surface area contributed by atoms with Gasteiger partial charge in [0.05, 0.1) is 15.6 Å². The summed E-state index contributed by atoms with van der Waals surface area (Å²) in [6.07, 6.45) is 3.83. The Morgan fingerprint density at radius 2 is 1.68 bits per heavy atom. The van der Waals surface area contributed by atoms with Gasteiger partial charge in [-0.05, 0) is 19.1 Å². The number of fused-ring (bicyclic) bond motifs is 2. The SMILES string of the molecule is C=CCN1c2nc3ccc(Cl)c(Cl)c3nc2N(CC=C)C1C. The molecule has 114 valence electrons. The van der Waals surface area contributed by atoms with E-state index in [2.05, 4.69) is 29.9 Å². The molecule has 0 bridgehead atoms. The molecular weight excluding hydrogens is 319 g/mol. The quantitative estimate of drug-likeness (QED) is 0.781. The summed E-state index contributed by atoms with van der Waals surface area (Å²) in [4.78, 5) is 13.7. The van der Waals surface area contributed by atoms with Crippen molar-refractivity contribution in [2.45, 2.75) is 13.1 Å². The van der Waals surface area contributed by atoms with Crippen LogP contribution in [-0.2, 0) is 0 Å². The van der Waals surface area contributed by atoms with E-state index in [1.807, 2.05) is 18.2 Å². The lowest BCUT2D eigenvalue weighted by Gasteiger charge is -2.27. The zero-order valence-electron chi connectivity index (χ0n) is 12.3. The standard InChI is InChI=1S/C16H16Cl2N4/c1-4-8-21-10(3)22(9-5-2)16-15(21)19-12-7-6-11(17)13(18)14(12)20-16/h4-7,10H,1-2,8-9H2,3H3. The fourth-order valence-electron chi connectivity index (χ4n) is 2.71. The molecule has 0 fully saturated rings. The number of rotatable bonds is 4. The molecule has 0 N–H and O–H groups in total. The number of hydrogen-bond donors (Lipinski definition) is 0. The van der Waals surface area contributed by atoms with Gasteiger partial charge in [0.25, 0.3) is 0 Å². The van der Waals surface area contributed by atoms with Gasteiger partial charge in [-0.15, -0.1) is 13.2 Å². The molecule has 2 heterocycles. The van der Waals surface area contributed by atoms with Gasteiger partial charge < -0.3 is 9.80 Å². The number of nitrogens with zero attached hydrogens (tertiary/aromatic N) is 4. The van der Waals surface area contributed by atoms with E-state index in [4.69, 9.17) is 33.2 Å². The Morgan fingerprint density at radius 1 is 1.09 bits per heavy atom. The Hall–Kier alpha value is -1.78. The van der Waals surface area contributed by atoms with Gasteiger partial charge in [-0.25, -0.2) is 9.97 Å². The van der Waals surface area contributed by atoms with Crippen LogP contribution in [0.25, 0.3) is 11.0 Å². The van der Waals surface area contributed by atoms with E-state index in [1.54, 1.807) is 6.07 Å². The second kappa shape index (κ2) is 5.78. The minimum absolute atomic E-state index is 0.122. The van der Waals surface area contributed by atoms with Crippen LogP contribution in [-0.4, -0.2) is 29.2 Å². The van der Waals surface area contributed by atoms with Crippen LogP contribution in [0.1, 0.15) is 6.92 Å². The average molecular weight is 335 g/mol. The lowest BCUT2D eigenvalue weighted by Crippen LogP contribution is -2.41. The summed E-state index contributed by atoms with van der Waals surface area (Å²) in [6.45, 7) is 11.1. The monoisotopic (exact) mass is 334 g/mol. The number of hydrogen-bond acceptors (Lipinski definition) is 4. The molecule has 3 rings (SSSR count). The number of benzene rings is 1. The van der Waals surface area contributed by atoms with Crippen molar-refractivity contribution < 1.29 is 0 Å². The topological polar surface area (TPSA) is 32.3 Å². The maximum atomic E-state index is 6.28. The van der Waals surface area contributed by atoms with Crippen LogP contribution in [0.2, 0.25) is 10.0 Å². The Balaban J connectivity index is 2.24. The Kier molecular flexibility index (Phi) is 3.98. The molecular formula is C16H16Cl2N4. The van der Waals surface area contributed by atoms with Gasteiger partial charge in [-0.3, -0.25) is 0 Å². The molecule has 1 aromatic carbocycles. The third-order valence-electron chi connectivity index (χ3n) is 3.79. The van der Waals surface area contributed by atoms with Gasteiger partial charge in [0, 0.05) is 13.1 Å². The first kappa shape index (κ1) is 15.1. The average Bonchev–Trinajstić information content (AvgIpc) is 2.76. The highest BCUT2D eigenvalue weighted by Crippen LogP contribution is 2.39. The largest absolute Gasteiger partial charge is 0.330 e. The maximum absolute atomic E-state index is 6.28. The predicted octanol–water partition coefficient (Wildman–Crippen LogP) is 4.28. The highest BCUT2D eigenvalue weighted by Gasteiger charge is 2.34. The zero-order valence-corrected chi connectivity index (χ0v) is 13.8. The van der Waals surface area contributed by atoms with Gasteiger partial charge in [-0.2, -0.15) is 0 Å². The Morgan fingerprint density at radius 3 is 2.27 bits per heavy atom. The van der Waals surface area contributed by atoms with Crippen molar-refractivity contribution >= 4 is 45.9 Å². The number of aromatic nitrogens is 2. The van der Waals surface area contributed by atoms with E-state index in [1.165, 1.54) is 0 Å². The molecule has 2 aromatic rings. The van der Waals surface area contributed by atoms with Crippen molar-refractivity contribution in [3.8, 4) is 0 Å². The summed E-state index contributed by atoms with van der Waals surface area (Å²) in [6, 6.07) is 3.58. The molecule has 1 aliphatic rings. The fourth-order valence-corrected chi connectivity index (χ4v) is 3.06. The minimum Gasteiger partial charge on any atom is -0.330 e. The molecule has 22 heavy (non-hydrogen) atoms. The van der Waals surface area contributed by atoms with Crippen molar-refractivity contribution in [2.75, 3.05) is 22.9 Å². The van der Waals surface area contributed by atoms with E-state index in [0.29, 0.717) is 28.7 Å². The Labute approximate surface area is 139 Å². The summed E-state index contributed by atoms with van der Waals surface area (Å²) < 4.78 is 0. The van der Waals surface area contributed by atoms with E-state index >= 15 is 0 Å². The first-order valence-corrected chi connectivity index (χ1v) is 7.75. The maximum Gasteiger partial charge on any atom is 0.174 e. The minimum atomic E-state index is 0.122. The van der Waals surface area contributed by atoms with Crippen LogP contribution < -0.4 is 9.80 Å². The van der Waals surface area contributed by atoms with E-state index in [-0.39, 0.29) is 6.17 Å². The Bertz CT molecular complexity index is 759. The highest BCUT2D eigenvalue weighted by molar-refractivity contribution is 6.44. The van der Waals surface area contributed by atoms with E-state index in [9.17, 15) is 0 Å². The van der Waals surface area contributed by atoms with Crippen molar-refractivity contribution in [3.63, 3.8) is 0 Å². The van der Waals surface area contributed by atoms with E-state index in [0.717, 1.165) is 17.2 Å². The van der Waals surface area contributed by atoms with Crippen molar-refractivity contribution in [3.05, 3.63) is 47.5 Å². The first-order valence-electron chi connectivity index (χ1n) is 6.99. The third-order valence-corrected chi connectivity index (χ3v) is 4.58. The lowest BCUT2D eigenvalue weighted by atomic mass is 10.3. The number of halogens is 2. The second-order valence-corrected chi connectivity index (χ2v) is 5.90. The van der Waals surface area contributed by atoms with Crippen LogP contribution >= 0.6 is 23.2 Å². The third kappa shape index (κ3) is 2.23. The van der Waals surface area contributed by atoms with Gasteiger partial charge in [0.1, 0.15) is 11.7 Å². The normalized spacial score (nSPS) is 17.0. The molecule has 0 saturated heterocycles. The van der Waals surface area contributed by atoms with Gasteiger partial charge in [0.2, 0.25) is 0 Å². The van der Waals surface area contributed by atoms with Crippen LogP contribution in [0.3, 0.4) is 0 Å². The summed E-state index contributed by atoms with van der Waals surface area (Å²) in [5, 5.41) is 0.913. The fraction of sp³-hybridized carbons (Fsp3) is 0.250. The molecule has 0 radical (unpaired) electrons. The molecule has 0 saturated carbocycles. The van der Waals surface area contributed by atoms with Crippen molar-refractivity contribution in [1.29, 1.82) is 0 Å². The van der Waals surface area contributed by atoms with Gasteiger partial charge >= 0.3 is 0 Å². The summed E-state index contributed by atoms with van der Waals surface area (Å²) >= 11 is 12.4. The second-order valence-electron chi connectivity index (χ2n) is 5.11. The van der Waals surface area contributed by atoms with Crippen molar-refractivity contribution in [2.24, 2.45) is 0 Å². The molecule has 1 unspecified atom stereocenters. The lowest BCUT2D eigenvalue weighted by molar-refractivity contribution is 0.662. The molecule has 1 aromatic heterocycles. The van der Waals surface area contributed by atoms with E-state index < -0.39 is 0 Å². The molecule has 0 spiro atoms. The summed E-state index contributed by atoms with van der Waals surface area (Å²) in [5.41, 5.74) is 1.35. The molecule has 1 aliphatic heterocycles. The summed E-state index contributed by atoms with van der Waals surface area (Å²) in [5.74, 6) is 1.63. The van der Waals surface area contributed by atoms with Crippen molar-refractivity contribution in [1.82, 2.24) is 9.97 Å². The van der Waals surface area contributed by atoms with Gasteiger partial charge in [0.15, 0.2) is 11.6 Å². The molecule has 1 atom stereocenters. The van der Waals surface area contributed by atoms with Crippen LogP contribution in [0.4, 0.5) is 11.6 Å². The molecule has 6 heteroatoms. The van der Waals surface area contributed by atoms with Gasteiger partial charge in [-0.1, -0.05) is 35.4 Å². The predicted molar refractivity (Wildman–Crippen MR) is 94.1 cm³/mol. The molecule has 0 aliphatic carbocycles. The van der Waals surface area contributed by atoms with Crippen LogP contribution in [0.15, 0.2) is 37.4 Å². The highest BCUT2D eigenvalue weighted by atomic mass is 35.5. The number of anilines is 2. The summed E-state index contributed by atoms with van der Waals surface area (Å²) in [7, 11) is 0.